The normalized spacial score (nSPS) is 0. The van der Waals surface area contributed by atoms with Gasteiger partial charge in [-0.05, 0) is 0 Å². The van der Waals surface area contributed by atoms with Crippen molar-refractivity contribution in [2.24, 2.45) is 0 Å². The summed E-state index contributed by atoms with van der Waals surface area (Å²) in [5.41, 5.74) is 0. The molecule has 0 atom stereocenters. The minimum Gasteiger partial charge on any atom is -0.412 e. The van der Waals surface area contributed by atoms with E-state index in [0.717, 1.165) is 0 Å². The van der Waals surface area contributed by atoms with Gasteiger partial charge in [0.2, 0.25) is 0 Å². The monoisotopic (exact) mass is 230 g/mol. The molecule has 7 heavy (non-hydrogen) atoms. The van der Waals surface area contributed by atoms with Crippen molar-refractivity contribution in [2.45, 2.75) is 0 Å². The van der Waals surface area contributed by atoms with Crippen LogP contribution >= 0.6 is 0 Å². The summed E-state index contributed by atoms with van der Waals surface area (Å²) in [6.45, 7) is 0. The third-order valence-corrected chi connectivity index (χ3v) is 0. The fraction of sp³-hybridized carbons (Fsp3) is 0. The molecule has 4 nitrogen and oxygen atoms in total. The third-order valence-electron chi connectivity index (χ3n) is 0. The molecule has 7 heteroatoms. The van der Waals surface area contributed by atoms with E-state index in [2.05, 4.69) is 0 Å². The van der Waals surface area contributed by atoms with Crippen LogP contribution in [0, 0.1) is 0 Å². The SMILES string of the molecule is O.O.O.O.[Fe].[V].[V]. The molecule has 0 aliphatic heterocycles. The number of hydrogen-bond acceptors (Lipinski definition) is 0. The maximum atomic E-state index is 0. The van der Waals surface area contributed by atoms with Gasteiger partial charge in [-0.2, -0.15) is 0 Å². The Morgan fingerprint density at radius 3 is 0.429 bits per heavy atom. The van der Waals surface area contributed by atoms with Gasteiger partial charge in [-0.15, -0.1) is 0 Å². The van der Waals surface area contributed by atoms with Crippen LogP contribution in [0.25, 0.3) is 0 Å². The van der Waals surface area contributed by atoms with Crippen LogP contribution in [0.3, 0.4) is 0 Å². The van der Waals surface area contributed by atoms with Gasteiger partial charge in [0, 0.05) is 54.2 Å². The molecule has 8 N–H and O–H groups in total. The van der Waals surface area contributed by atoms with Crippen molar-refractivity contribution in [1.82, 2.24) is 0 Å². The van der Waals surface area contributed by atoms with Crippen LogP contribution < -0.4 is 0 Å². The van der Waals surface area contributed by atoms with E-state index in [9.17, 15) is 0 Å². The Morgan fingerprint density at radius 1 is 0.429 bits per heavy atom. The average molecular weight is 230 g/mol. The molecule has 0 unspecified atom stereocenters. The maximum Gasteiger partial charge on any atom is 0 e. The first-order valence-corrected chi connectivity index (χ1v) is 0. The summed E-state index contributed by atoms with van der Waals surface area (Å²) in [7, 11) is 0. The number of rotatable bonds is 0. The summed E-state index contributed by atoms with van der Waals surface area (Å²) in [4.78, 5) is 0. The van der Waals surface area contributed by atoms with Gasteiger partial charge in [0.25, 0.3) is 0 Å². The van der Waals surface area contributed by atoms with Crippen LogP contribution in [-0.4, -0.2) is 21.9 Å². The third kappa shape index (κ3) is 98.5. The van der Waals surface area contributed by atoms with Gasteiger partial charge in [0.1, 0.15) is 0 Å². The molecule has 0 amide bonds. The van der Waals surface area contributed by atoms with Gasteiger partial charge in [0.05, 0.1) is 0 Å². The van der Waals surface area contributed by atoms with Crippen LogP contribution in [0.2, 0.25) is 0 Å². The second-order valence-electron chi connectivity index (χ2n) is 0. The van der Waals surface area contributed by atoms with Gasteiger partial charge in [0.15, 0.2) is 0 Å². The van der Waals surface area contributed by atoms with E-state index in [1.807, 2.05) is 0 Å². The summed E-state index contributed by atoms with van der Waals surface area (Å²) < 4.78 is 0. The van der Waals surface area contributed by atoms with E-state index in [0.29, 0.717) is 0 Å². The standard InChI is InChI=1S/Fe.4H2O.2V/h;4*1H2;;. The van der Waals surface area contributed by atoms with E-state index < -0.39 is 0 Å². The van der Waals surface area contributed by atoms with Crippen molar-refractivity contribution in [3.05, 3.63) is 0 Å². The summed E-state index contributed by atoms with van der Waals surface area (Å²) in [5, 5.41) is 0. The molecule has 0 spiro atoms. The number of hydrogen-bond donors (Lipinski definition) is 0. The van der Waals surface area contributed by atoms with Crippen LogP contribution in [0.15, 0.2) is 0 Å². The molecule has 50 valence electrons. The van der Waals surface area contributed by atoms with Crippen LogP contribution in [-0.2, 0) is 54.2 Å². The van der Waals surface area contributed by atoms with Crippen molar-refractivity contribution < 1.29 is 76.1 Å². The smallest absolute Gasteiger partial charge is 0 e. The Morgan fingerprint density at radius 2 is 0.429 bits per heavy atom. The van der Waals surface area contributed by atoms with E-state index in [1.54, 1.807) is 0 Å². The van der Waals surface area contributed by atoms with E-state index >= 15 is 0 Å². The van der Waals surface area contributed by atoms with Crippen molar-refractivity contribution >= 4 is 0 Å². The van der Waals surface area contributed by atoms with E-state index in [4.69, 9.17) is 0 Å². The molecule has 0 aliphatic carbocycles. The summed E-state index contributed by atoms with van der Waals surface area (Å²) in [6, 6.07) is 0. The van der Waals surface area contributed by atoms with Crippen molar-refractivity contribution in [3.63, 3.8) is 0 Å². The van der Waals surface area contributed by atoms with Crippen molar-refractivity contribution in [1.29, 1.82) is 0 Å². The molecule has 0 bridgehead atoms. The zero-order valence-corrected chi connectivity index (χ0v) is 7.15. The second-order valence-corrected chi connectivity index (χ2v) is 0. The minimum atomic E-state index is 0. The van der Waals surface area contributed by atoms with Crippen molar-refractivity contribution in [3.8, 4) is 0 Å². The van der Waals surface area contributed by atoms with Crippen LogP contribution in [0.1, 0.15) is 0 Å². The van der Waals surface area contributed by atoms with Gasteiger partial charge in [-0.3, -0.25) is 0 Å². The molecule has 0 aromatic rings. The largest absolute Gasteiger partial charge is 0.412 e. The maximum absolute atomic E-state index is 0. The predicted molar refractivity (Wildman–Crippen MR) is 14.5 cm³/mol. The first-order chi connectivity index (χ1) is 0. The van der Waals surface area contributed by atoms with Crippen LogP contribution in [0.4, 0.5) is 0 Å². The molecule has 0 saturated carbocycles. The fourth-order valence-corrected chi connectivity index (χ4v) is 0. The minimum absolute atomic E-state index is 0. The second kappa shape index (κ2) is 137. The fourth-order valence-electron chi connectivity index (χ4n) is 0. The molecular formula is H8FeO4V2. The molecule has 0 fully saturated rings. The quantitative estimate of drug-likeness (QED) is 0.386. The molecule has 0 heterocycles. The summed E-state index contributed by atoms with van der Waals surface area (Å²) in [6.07, 6.45) is 0. The first kappa shape index (κ1) is 207. The molecular weight excluding hydrogens is 222 g/mol. The molecule has 0 aromatic carbocycles. The van der Waals surface area contributed by atoms with Gasteiger partial charge < -0.3 is 21.9 Å². The molecule has 0 aromatic heterocycles. The zero-order chi connectivity index (χ0) is 0. The molecule has 0 aliphatic rings. The first-order valence-electron chi connectivity index (χ1n) is 0. The Bertz CT molecular complexity index is 9.65. The predicted octanol–water partition coefficient (Wildman–Crippen LogP) is -3.31. The van der Waals surface area contributed by atoms with E-state index in [1.165, 1.54) is 0 Å². The zero-order valence-electron chi connectivity index (χ0n) is 3.25. The molecule has 0 rings (SSSR count). The Labute approximate surface area is 75.9 Å². The summed E-state index contributed by atoms with van der Waals surface area (Å²) >= 11 is 0. The van der Waals surface area contributed by atoms with Gasteiger partial charge in [-0.25, -0.2) is 0 Å². The Balaban J connectivity index is 0. The average Bonchev–Trinajstić information content (AvgIpc) is 0. The molecule has 0 saturated heterocycles. The topological polar surface area (TPSA) is 126 Å². The van der Waals surface area contributed by atoms with Gasteiger partial charge >= 0.3 is 0 Å². The molecule has 2 radical (unpaired) electrons. The van der Waals surface area contributed by atoms with E-state index in [-0.39, 0.29) is 76.1 Å². The summed E-state index contributed by atoms with van der Waals surface area (Å²) in [5.74, 6) is 0. The Kier molecular flexibility index (Phi) is 4060. The Hall–Kier alpha value is 1.53. The van der Waals surface area contributed by atoms with Gasteiger partial charge in [-0.1, -0.05) is 0 Å². The van der Waals surface area contributed by atoms with Crippen molar-refractivity contribution in [2.75, 3.05) is 0 Å². The van der Waals surface area contributed by atoms with Crippen LogP contribution in [0.5, 0.6) is 0 Å².